The molecule has 2 aromatic rings. The summed E-state index contributed by atoms with van der Waals surface area (Å²) < 4.78 is 15.2. The number of rotatable bonds is 10. The lowest BCUT2D eigenvalue weighted by atomic mass is 10.0. The van der Waals surface area contributed by atoms with Crippen molar-refractivity contribution in [3.05, 3.63) is 77.4 Å². The molecule has 31 heavy (non-hydrogen) atoms. The molecule has 0 aliphatic rings. The van der Waals surface area contributed by atoms with Crippen molar-refractivity contribution in [1.82, 2.24) is 5.32 Å². The first kappa shape index (κ1) is 23.2. The normalized spacial score (nSPS) is 10.5. The molecule has 0 saturated carbocycles. The number of nitrogens with zero attached hydrogens (tertiary/aromatic N) is 1. The molecular formula is C24H24N2O5. The second kappa shape index (κ2) is 11.8. The van der Waals surface area contributed by atoms with E-state index in [-0.39, 0.29) is 18.7 Å². The highest BCUT2D eigenvalue weighted by Crippen LogP contribution is 2.23. The number of ether oxygens (including phenoxy) is 3. The topological polar surface area (TPSA) is 97.7 Å². The summed E-state index contributed by atoms with van der Waals surface area (Å²) in [7, 11) is 2.87. The van der Waals surface area contributed by atoms with Crippen molar-refractivity contribution >= 4 is 18.0 Å². The Labute approximate surface area is 181 Å². The Morgan fingerprint density at radius 2 is 1.90 bits per heavy atom. The molecule has 2 rings (SSSR count). The number of methoxy groups -OCH3 is 2. The summed E-state index contributed by atoms with van der Waals surface area (Å²) in [6.45, 7) is 3.79. The fraction of sp³-hybridized carbons (Fsp3) is 0.208. The van der Waals surface area contributed by atoms with Gasteiger partial charge in [-0.2, -0.15) is 5.26 Å². The third-order valence-electron chi connectivity index (χ3n) is 4.31. The molecule has 7 nitrogen and oxygen atoms in total. The van der Waals surface area contributed by atoms with Crippen LogP contribution in [-0.2, 0) is 27.3 Å². The van der Waals surface area contributed by atoms with Crippen molar-refractivity contribution in [2.24, 2.45) is 0 Å². The minimum atomic E-state index is -0.492. The van der Waals surface area contributed by atoms with E-state index in [1.807, 2.05) is 18.2 Å². The largest absolute Gasteiger partial charge is 0.497 e. The number of allylic oxidation sites excluding steroid dienone is 1. The predicted molar refractivity (Wildman–Crippen MR) is 116 cm³/mol. The Morgan fingerprint density at radius 1 is 1.16 bits per heavy atom. The Kier molecular flexibility index (Phi) is 8.87. The molecule has 0 heterocycles. The van der Waals surface area contributed by atoms with Crippen LogP contribution in [-0.4, -0.2) is 32.7 Å². The van der Waals surface area contributed by atoms with Gasteiger partial charge in [0.15, 0.2) is 6.61 Å². The molecule has 1 amide bonds. The number of carbonyl (C=O) groups is 2. The van der Waals surface area contributed by atoms with Crippen LogP contribution < -0.4 is 14.8 Å². The van der Waals surface area contributed by atoms with Gasteiger partial charge in [-0.15, -0.1) is 6.58 Å². The molecular weight excluding hydrogens is 396 g/mol. The number of esters is 1. The van der Waals surface area contributed by atoms with Gasteiger partial charge in [0, 0.05) is 6.54 Å². The lowest BCUT2D eigenvalue weighted by Crippen LogP contribution is -2.23. The Hall–Kier alpha value is -4.05. The molecule has 160 valence electrons. The van der Waals surface area contributed by atoms with E-state index < -0.39 is 11.9 Å². The van der Waals surface area contributed by atoms with Crippen LogP contribution in [0, 0.1) is 11.3 Å². The molecule has 0 aliphatic carbocycles. The summed E-state index contributed by atoms with van der Waals surface area (Å²) in [5, 5.41) is 12.2. The summed E-state index contributed by atoms with van der Waals surface area (Å²) in [5.74, 6) is 0.260. The molecule has 1 N–H and O–H groups in total. The molecule has 7 heteroatoms. The monoisotopic (exact) mass is 420 g/mol. The van der Waals surface area contributed by atoms with Crippen LogP contribution >= 0.6 is 0 Å². The van der Waals surface area contributed by atoms with Crippen molar-refractivity contribution in [2.75, 3.05) is 20.8 Å². The average Bonchev–Trinajstić information content (AvgIpc) is 2.80. The quantitative estimate of drug-likeness (QED) is 0.274. The third-order valence-corrected chi connectivity index (χ3v) is 4.31. The minimum absolute atomic E-state index is 0.0266. The summed E-state index contributed by atoms with van der Waals surface area (Å²) in [5.41, 5.74) is 2.27. The molecule has 0 spiro atoms. The number of nitrogens with one attached hydrogen (secondary N) is 1. The van der Waals surface area contributed by atoms with Crippen molar-refractivity contribution in [3.63, 3.8) is 0 Å². The van der Waals surface area contributed by atoms with Crippen LogP contribution in [0.25, 0.3) is 6.08 Å². The Morgan fingerprint density at radius 3 is 2.52 bits per heavy atom. The van der Waals surface area contributed by atoms with Gasteiger partial charge in [0.25, 0.3) is 5.91 Å². The molecule has 0 unspecified atom stereocenters. The van der Waals surface area contributed by atoms with Crippen LogP contribution in [0.4, 0.5) is 0 Å². The van der Waals surface area contributed by atoms with Crippen molar-refractivity contribution in [2.45, 2.75) is 13.0 Å². The lowest BCUT2D eigenvalue weighted by molar-refractivity contribution is -0.142. The molecule has 2 aromatic carbocycles. The zero-order valence-electron chi connectivity index (χ0n) is 17.5. The Balaban J connectivity index is 2.12. The lowest BCUT2D eigenvalue weighted by Gasteiger charge is -2.11. The number of amides is 1. The van der Waals surface area contributed by atoms with Crippen LogP contribution in [0.3, 0.4) is 0 Å². The van der Waals surface area contributed by atoms with Gasteiger partial charge >= 0.3 is 5.97 Å². The number of hydrogen-bond acceptors (Lipinski definition) is 6. The van der Waals surface area contributed by atoms with E-state index in [4.69, 9.17) is 9.47 Å². The molecule has 0 radical (unpaired) electrons. The van der Waals surface area contributed by atoms with E-state index in [0.29, 0.717) is 17.7 Å². The summed E-state index contributed by atoms with van der Waals surface area (Å²) in [6.07, 6.45) is 3.68. The molecule has 0 aliphatic heterocycles. The summed E-state index contributed by atoms with van der Waals surface area (Å²) in [6, 6.07) is 14.4. The highest BCUT2D eigenvalue weighted by molar-refractivity contribution is 6.01. The smallest absolute Gasteiger partial charge is 0.343 e. The fourth-order valence-corrected chi connectivity index (χ4v) is 2.68. The standard InChI is InChI=1S/C24H24N2O5/c1-4-5-19-12-18(8-11-22(19)31-16-23(27)30-3)13-20(14-25)24(28)26-15-17-6-9-21(29-2)10-7-17/h4,6-13H,1,5,15-16H2,2-3H3,(H,26,28)/b20-13-. The highest BCUT2D eigenvalue weighted by Gasteiger charge is 2.11. The average molecular weight is 420 g/mol. The van der Waals surface area contributed by atoms with E-state index >= 15 is 0 Å². The first-order chi connectivity index (χ1) is 15.0. The first-order valence-corrected chi connectivity index (χ1v) is 9.47. The SMILES string of the molecule is C=CCc1cc(/C=C(/C#N)C(=O)NCc2ccc(OC)cc2)ccc1OCC(=O)OC. The molecule has 0 fully saturated rings. The second-order valence-corrected chi connectivity index (χ2v) is 6.43. The molecule has 0 saturated heterocycles. The van der Waals surface area contributed by atoms with E-state index in [1.54, 1.807) is 43.5 Å². The zero-order chi connectivity index (χ0) is 22.6. The van der Waals surface area contributed by atoms with Crippen LogP contribution in [0.1, 0.15) is 16.7 Å². The molecule has 0 aromatic heterocycles. The fourth-order valence-electron chi connectivity index (χ4n) is 2.68. The maximum atomic E-state index is 12.4. The minimum Gasteiger partial charge on any atom is -0.497 e. The summed E-state index contributed by atoms with van der Waals surface area (Å²) >= 11 is 0. The van der Waals surface area contributed by atoms with Gasteiger partial charge in [0.05, 0.1) is 14.2 Å². The van der Waals surface area contributed by atoms with E-state index in [9.17, 15) is 14.9 Å². The highest BCUT2D eigenvalue weighted by atomic mass is 16.6. The van der Waals surface area contributed by atoms with Gasteiger partial charge in [-0.3, -0.25) is 4.79 Å². The second-order valence-electron chi connectivity index (χ2n) is 6.43. The van der Waals surface area contributed by atoms with E-state index in [2.05, 4.69) is 16.6 Å². The van der Waals surface area contributed by atoms with Gasteiger partial charge in [-0.1, -0.05) is 24.3 Å². The van der Waals surface area contributed by atoms with Gasteiger partial charge < -0.3 is 19.5 Å². The van der Waals surface area contributed by atoms with Crippen molar-refractivity contribution in [1.29, 1.82) is 5.26 Å². The van der Waals surface area contributed by atoms with E-state index in [1.165, 1.54) is 13.2 Å². The van der Waals surface area contributed by atoms with Gasteiger partial charge in [0.1, 0.15) is 23.1 Å². The van der Waals surface area contributed by atoms with Gasteiger partial charge in [-0.05, 0) is 53.5 Å². The maximum Gasteiger partial charge on any atom is 0.343 e. The Bertz CT molecular complexity index is 1000. The van der Waals surface area contributed by atoms with E-state index in [0.717, 1.165) is 16.9 Å². The van der Waals surface area contributed by atoms with Crippen LogP contribution in [0.5, 0.6) is 11.5 Å². The third kappa shape index (κ3) is 7.05. The summed E-state index contributed by atoms with van der Waals surface area (Å²) in [4.78, 5) is 23.8. The maximum absolute atomic E-state index is 12.4. The van der Waals surface area contributed by atoms with Crippen LogP contribution in [0.2, 0.25) is 0 Å². The van der Waals surface area contributed by atoms with Crippen LogP contribution in [0.15, 0.2) is 60.7 Å². The van der Waals surface area contributed by atoms with Crippen molar-refractivity contribution < 1.29 is 23.8 Å². The molecule has 0 bridgehead atoms. The van der Waals surface area contributed by atoms with Crippen molar-refractivity contribution in [3.8, 4) is 17.6 Å². The molecule has 0 atom stereocenters. The number of carbonyl (C=O) groups excluding carboxylic acids is 2. The van der Waals surface area contributed by atoms with Gasteiger partial charge in [-0.25, -0.2) is 4.79 Å². The number of hydrogen-bond donors (Lipinski definition) is 1. The first-order valence-electron chi connectivity index (χ1n) is 9.47. The van der Waals surface area contributed by atoms with Gasteiger partial charge in [0.2, 0.25) is 0 Å². The number of nitriles is 1. The number of benzene rings is 2. The zero-order valence-corrected chi connectivity index (χ0v) is 17.5. The predicted octanol–water partition coefficient (Wildman–Crippen LogP) is 3.20.